The summed E-state index contributed by atoms with van der Waals surface area (Å²) in [5.41, 5.74) is -0.332. The van der Waals surface area contributed by atoms with E-state index in [-0.39, 0.29) is 5.69 Å². The average Bonchev–Trinajstić information content (AvgIpc) is 3.32. The van der Waals surface area contributed by atoms with Crippen molar-refractivity contribution in [2.45, 2.75) is 22.4 Å². The summed E-state index contributed by atoms with van der Waals surface area (Å²) in [6.45, 7) is 0. The number of thioether (sulfide) groups is 1. The second-order valence-corrected chi connectivity index (χ2v) is 10.8. The van der Waals surface area contributed by atoms with Gasteiger partial charge in [0.25, 0.3) is 0 Å². The molecule has 5 rings (SSSR count). The Morgan fingerprint density at radius 3 is 2.46 bits per heavy atom. The van der Waals surface area contributed by atoms with E-state index in [0.29, 0.717) is 26.0 Å². The third-order valence-electron chi connectivity index (χ3n) is 6.02. The van der Waals surface area contributed by atoms with Gasteiger partial charge in [-0.15, -0.1) is 11.3 Å². The number of hydrogen-bond donors (Lipinski definition) is 1. The van der Waals surface area contributed by atoms with Crippen molar-refractivity contribution >= 4 is 52.8 Å². The van der Waals surface area contributed by atoms with Crippen molar-refractivity contribution in [2.24, 2.45) is 5.92 Å². The zero-order valence-electron chi connectivity index (χ0n) is 18.2. The first-order valence-electron chi connectivity index (χ1n) is 10.3. The van der Waals surface area contributed by atoms with Crippen LogP contribution >= 0.6 is 35.3 Å². The summed E-state index contributed by atoms with van der Waals surface area (Å²) in [5.74, 6) is -1.57. The number of thiazole rings is 1. The number of aromatic amines is 1. The zero-order chi connectivity index (χ0) is 25.1. The fourth-order valence-electron chi connectivity index (χ4n) is 4.50. The second-order valence-electron chi connectivity index (χ2n) is 7.92. The van der Waals surface area contributed by atoms with Crippen LogP contribution in [0.3, 0.4) is 0 Å². The lowest BCUT2D eigenvalue weighted by molar-refractivity contribution is -0.137. The topological polar surface area (TPSA) is 71.6 Å². The molecule has 3 heterocycles. The van der Waals surface area contributed by atoms with Gasteiger partial charge in [0, 0.05) is 10.8 Å². The van der Waals surface area contributed by atoms with Gasteiger partial charge < -0.3 is 14.5 Å². The van der Waals surface area contributed by atoms with Gasteiger partial charge in [0.05, 0.1) is 36.4 Å². The number of ether oxygens (including phenoxy) is 2. The molecule has 182 valence electrons. The maximum atomic E-state index is 13.7. The monoisotopic (exact) mass is 538 g/mol. The predicted octanol–water partition coefficient (Wildman–Crippen LogP) is 5.64. The molecule has 12 heteroatoms. The van der Waals surface area contributed by atoms with Gasteiger partial charge in [-0.1, -0.05) is 23.9 Å². The molecule has 2 amide bonds. The number of hydrogen-bond acceptors (Lipinski definition) is 7. The molecule has 0 spiro atoms. The Kier molecular flexibility index (Phi) is 5.93. The molecule has 1 aromatic heterocycles. The van der Waals surface area contributed by atoms with Crippen molar-refractivity contribution in [1.82, 2.24) is 4.98 Å². The number of alkyl halides is 3. The van der Waals surface area contributed by atoms with Crippen LogP contribution in [0.15, 0.2) is 47.5 Å². The van der Waals surface area contributed by atoms with Crippen molar-refractivity contribution in [2.75, 3.05) is 19.1 Å². The number of nitrogens with zero attached hydrogens (tertiary/aromatic N) is 1. The van der Waals surface area contributed by atoms with Crippen LogP contribution in [0, 0.1) is 9.87 Å². The summed E-state index contributed by atoms with van der Waals surface area (Å²) in [6, 6.07) is 9.49. The number of anilines is 1. The first-order chi connectivity index (χ1) is 16.6. The molecule has 1 N–H and O–H groups in total. The van der Waals surface area contributed by atoms with Crippen molar-refractivity contribution in [1.29, 1.82) is 0 Å². The summed E-state index contributed by atoms with van der Waals surface area (Å²) in [7, 11) is 3.00. The molecule has 0 bridgehead atoms. The van der Waals surface area contributed by atoms with E-state index in [4.69, 9.17) is 21.7 Å². The predicted molar refractivity (Wildman–Crippen MR) is 128 cm³/mol. The first-order valence-corrected chi connectivity index (χ1v) is 12.4. The number of rotatable bonds is 4. The summed E-state index contributed by atoms with van der Waals surface area (Å²) >= 11 is 7.82. The molecule has 2 aromatic carbocycles. The highest BCUT2D eigenvalue weighted by molar-refractivity contribution is 8.01. The first kappa shape index (κ1) is 23.9. The number of benzene rings is 2. The maximum absolute atomic E-state index is 13.7. The van der Waals surface area contributed by atoms with E-state index in [1.807, 2.05) is 0 Å². The van der Waals surface area contributed by atoms with Crippen LogP contribution in [-0.4, -0.2) is 36.3 Å². The lowest BCUT2D eigenvalue weighted by atomic mass is 9.83. The van der Waals surface area contributed by atoms with Crippen LogP contribution in [0.25, 0.3) is 0 Å². The molecule has 1 fully saturated rings. The molecule has 0 radical (unpaired) electrons. The van der Waals surface area contributed by atoms with E-state index in [9.17, 15) is 22.8 Å². The van der Waals surface area contributed by atoms with Gasteiger partial charge in [-0.05, 0) is 48.1 Å². The van der Waals surface area contributed by atoms with E-state index < -0.39 is 40.6 Å². The van der Waals surface area contributed by atoms with Crippen molar-refractivity contribution in [3.8, 4) is 11.5 Å². The van der Waals surface area contributed by atoms with E-state index in [0.717, 1.165) is 21.9 Å². The van der Waals surface area contributed by atoms with E-state index in [2.05, 4.69) is 4.98 Å². The molecule has 0 aliphatic carbocycles. The normalized spacial score (nSPS) is 21.6. The van der Waals surface area contributed by atoms with Crippen molar-refractivity contribution < 1.29 is 32.2 Å². The Morgan fingerprint density at radius 2 is 1.77 bits per heavy atom. The number of H-pyrrole nitrogens is 1. The van der Waals surface area contributed by atoms with E-state index in [1.165, 1.54) is 49.5 Å². The standard InChI is InChI=1S/C23H17F3N2O4S3/c1-31-13-7-6-10(8-14(13)32-2)15-16-18(34-19-17(15)35-22(33)27-19)21(30)28(20(16)29)12-5-3-4-11(9-12)23(24,25)26/h3-9,15-16,18H,1-2H3,(H,27,33)/t15-,16+,18-/m0/s1. The number of nitrogens with one attached hydrogen (secondary N) is 1. The van der Waals surface area contributed by atoms with E-state index >= 15 is 0 Å². The van der Waals surface area contributed by atoms with Gasteiger partial charge in [-0.2, -0.15) is 13.2 Å². The average molecular weight is 539 g/mol. The summed E-state index contributed by atoms with van der Waals surface area (Å²) < 4.78 is 51.2. The second kappa shape index (κ2) is 8.68. The highest BCUT2D eigenvalue weighted by Gasteiger charge is 2.56. The van der Waals surface area contributed by atoms with Crippen LogP contribution in [0.5, 0.6) is 11.5 Å². The Balaban J connectivity index is 1.63. The minimum absolute atomic E-state index is 0.104. The van der Waals surface area contributed by atoms with E-state index in [1.54, 1.807) is 18.2 Å². The smallest absolute Gasteiger partial charge is 0.416 e. The lowest BCUT2D eigenvalue weighted by Crippen LogP contribution is -2.32. The van der Waals surface area contributed by atoms with Gasteiger partial charge in [0.15, 0.2) is 15.5 Å². The van der Waals surface area contributed by atoms with Crippen LogP contribution in [0.4, 0.5) is 18.9 Å². The van der Waals surface area contributed by atoms with Gasteiger partial charge in [-0.3, -0.25) is 9.59 Å². The minimum atomic E-state index is -4.61. The number of fused-ring (bicyclic) bond motifs is 2. The van der Waals surface area contributed by atoms with Crippen LogP contribution < -0.4 is 14.4 Å². The largest absolute Gasteiger partial charge is 0.493 e. The summed E-state index contributed by atoms with van der Waals surface area (Å²) in [4.78, 5) is 31.9. The number of aromatic nitrogens is 1. The number of halogens is 3. The molecule has 0 unspecified atom stereocenters. The molecular formula is C23H17F3N2O4S3. The lowest BCUT2D eigenvalue weighted by Gasteiger charge is -2.30. The fourth-order valence-corrected chi connectivity index (χ4v) is 7.46. The highest BCUT2D eigenvalue weighted by Crippen LogP contribution is 2.54. The van der Waals surface area contributed by atoms with Crippen LogP contribution in [0.1, 0.15) is 21.9 Å². The van der Waals surface area contributed by atoms with Crippen LogP contribution in [-0.2, 0) is 15.8 Å². The number of methoxy groups -OCH3 is 2. The highest BCUT2D eigenvalue weighted by atomic mass is 32.2. The van der Waals surface area contributed by atoms with Gasteiger partial charge in [0.1, 0.15) is 5.25 Å². The maximum Gasteiger partial charge on any atom is 0.416 e. The van der Waals surface area contributed by atoms with Crippen molar-refractivity contribution in [3.63, 3.8) is 0 Å². The molecule has 35 heavy (non-hydrogen) atoms. The molecule has 2 aliphatic heterocycles. The Labute approximate surface area is 211 Å². The molecule has 3 atom stereocenters. The zero-order valence-corrected chi connectivity index (χ0v) is 20.7. The molecule has 1 saturated heterocycles. The number of amides is 2. The summed E-state index contributed by atoms with van der Waals surface area (Å²) in [5, 5.41) is -0.157. The minimum Gasteiger partial charge on any atom is -0.493 e. The molecule has 6 nitrogen and oxygen atoms in total. The molecule has 2 aliphatic rings. The van der Waals surface area contributed by atoms with Gasteiger partial charge in [-0.25, -0.2) is 4.90 Å². The summed E-state index contributed by atoms with van der Waals surface area (Å²) in [6.07, 6.45) is -4.61. The quantitative estimate of drug-likeness (QED) is 0.343. The third kappa shape index (κ3) is 3.93. The van der Waals surface area contributed by atoms with Gasteiger partial charge in [0.2, 0.25) is 11.8 Å². The Hall–Kier alpha value is -2.83. The third-order valence-corrected chi connectivity index (χ3v) is 8.78. The number of imide groups is 1. The fraction of sp³-hybridized carbons (Fsp3) is 0.261. The Morgan fingerprint density at radius 1 is 1.03 bits per heavy atom. The van der Waals surface area contributed by atoms with Crippen LogP contribution in [0.2, 0.25) is 0 Å². The Bertz CT molecular complexity index is 1400. The van der Waals surface area contributed by atoms with Gasteiger partial charge >= 0.3 is 6.18 Å². The SMILES string of the molecule is COc1ccc([C@@H]2c3sc(=S)[nH]c3S[C@@H]3C(=O)N(c4cccc(C(F)(F)F)c4)C(=O)[C@H]23)cc1OC. The molecule has 0 saturated carbocycles. The van der Waals surface area contributed by atoms with Crippen molar-refractivity contribution in [3.05, 3.63) is 62.4 Å². The number of carbonyl (C=O) groups is 2. The molecular weight excluding hydrogens is 521 g/mol. The number of carbonyl (C=O) groups excluding carboxylic acids is 2. The molecule has 3 aromatic rings.